The summed E-state index contributed by atoms with van der Waals surface area (Å²) in [4.78, 5) is 0. The molecule has 9 atom stereocenters. The number of nitrogens with zero attached hydrogens (tertiary/aromatic N) is 2. The van der Waals surface area contributed by atoms with Gasteiger partial charge in [-0.1, -0.05) is 26.0 Å². The van der Waals surface area contributed by atoms with Crippen LogP contribution in [-0.4, -0.2) is 20.5 Å². The van der Waals surface area contributed by atoms with Crippen LogP contribution in [0.3, 0.4) is 0 Å². The summed E-state index contributed by atoms with van der Waals surface area (Å²) in [5, 5.41) is 15.3. The molecule has 0 spiro atoms. The molecule has 0 amide bonds. The molecule has 1 N–H and O–H groups in total. The molecule has 0 aromatic carbocycles. The van der Waals surface area contributed by atoms with Crippen molar-refractivity contribution in [3.05, 3.63) is 30.6 Å². The van der Waals surface area contributed by atoms with E-state index in [1.807, 2.05) is 16.9 Å². The maximum absolute atomic E-state index is 10.9. The molecule has 0 saturated heterocycles. The molecular formula is C26H40N2O. The normalized spacial score (nSPS) is 49.2. The summed E-state index contributed by atoms with van der Waals surface area (Å²) < 4.78 is 2.05. The summed E-state index contributed by atoms with van der Waals surface area (Å²) >= 11 is 0. The first kappa shape index (κ1) is 19.8. The van der Waals surface area contributed by atoms with Crippen LogP contribution in [0.15, 0.2) is 30.6 Å². The van der Waals surface area contributed by atoms with E-state index < -0.39 is 5.60 Å². The number of allylic oxidation sites excluding steroid dienone is 1. The Morgan fingerprint density at radius 3 is 2.72 bits per heavy atom. The molecule has 0 bridgehead atoms. The number of hydrogen-bond donors (Lipinski definition) is 1. The third-order valence-corrected chi connectivity index (χ3v) is 10.3. The van der Waals surface area contributed by atoms with Gasteiger partial charge in [0.15, 0.2) is 0 Å². The van der Waals surface area contributed by atoms with Gasteiger partial charge in [0.05, 0.1) is 12.1 Å². The first-order chi connectivity index (χ1) is 13.8. The van der Waals surface area contributed by atoms with Crippen LogP contribution in [-0.2, 0) is 6.54 Å². The van der Waals surface area contributed by atoms with E-state index in [2.05, 4.69) is 38.6 Å². The zero-order chi connectivity index (χ0) is 20.4. The average molecular weight is 397 g/mol. The largest absolute Gasteiger partial charge is 0.390 e. The molecule has 4 fully saturated rings. The average Bonchev–Trinajstić information content (AvgIpc) is 3.29. The maximum Gasteiger partial charge on any atom is 0.0648 e. The second kappa shape index (κ2) is 6.97. The standard InChI is InChI=1S/C26H40N2O/c1-17(16-28-13-5-12-27-28)23-8-9-24-21-7-6-19-15-26(4,29)18(2)14-22(19)20(21)10-11-25(23,24)3/h5,12-13,18-24,29H,1,6-11,14-16H2,2-4H3/t18-,19-,20+,21-,22+,23-,24+,25-,26+/m1/s1. The van der Waals surface area contributed by atoms with E-state index in [0.717, 1.165) is 42.6 Å². The summed E-state index contributed by atoms with van der Waals surface area (Å²) in [6.07, 6.45) is 14.5. The van der Waals surface area contributed by atoms with Gasteiger partial charge in [0.1, 0.15) is 0 Å². The van der Waals surface area contributed by atoms with E-state index in [9.17, 15) is 5.11 Å². The second-order valence-electron chi connectivity index (χ2n) is 11.7. The number of rotatable bonds is 3. The lowest BCUT2D eigenvalue weighted by Crippen LogP contribution is -2.52. The third kappa shape index (κ3) is 3.14. The smallest absolute Gasteiger partial charge is 0.0648 e. The van der Waals surface area contributed by atoms with Gasteiger partial charge in [-0.15, -0.1) is 0 Å². The Hall–Kier alpha value is -1.09. The second-order valence-corrected chi connectivity index (χ2v) is 11.7. The Labute approximate surface area is 177 Å². The highest BCUT2D eigenvalue weighted by Crippen LogP contribution is 2.65. The summed E-state index contributed by atoms with van der Waals surface area (Å²) in [6, 6.07) is 2.01. The predicted octanol–water partition coefficient (Wildman–Crippen LogP) is 5.71. The molecule has 1 heterocycles. The molecule has 1 aromatic rings. The van der Waals surface area contributed by atoms with Crippen LogP contribution in [0.2, 0.25) is 0 Å². The number of fused-ring (bicyclic) bond motifs is 5. The van der Waals surface area contributed by atoms with E-state index in [0.29, 0.717) is 17.3 Å². The van der Waals surface area contributed by atoms with Crippen LogP contribution in [0.1, 0.15) is 72.1 Å². The third-order valence-electron chi connectivity index (χ3n) is 10.3. The van der Waals surface area contributed by atoms with Gasteiger partial charge in [-0.3, -0.25) is 4.68 Å². The number of hydrogen-bond acceptors (Lipinski definition) is 2. The molecule has 3 nitrogen and oxygen atoms in total. The van der Waals surface area contributed by atoms with Crippen molar-refractivity contribution < 1.29 is 5.11 Å². The minimum atomic E-state index is -0.445. The first-order valence-electron chi connectivity index (χ1n) is 12.2. The van der Waals surface area contributed by atoms with Gasteiger partial charge in [-0.05, 0) is 111 Å². The quantitative estimate of drug-likeness (QED) is 0.665. The van der Waals surface area contributed by atoms with E-state index in [1.165, 1.54) is 50.5 Å². The van der Waals surface area contributed by atoms with E-state index >= 15 is 0 Å². The van der Waals surface area contributed by atoms with Crippen LogP contribution in [0, 0.1) is 46.8 Å². The molecule has 160 valence electrons. The summed E-state index contributed by atoms with van der Waals surface area (Å²) in [6.45, 7) is 12.4. The van der Waals surface area contributed by atoms with Crippen molar-refractivity contribution in [1.82, 2.24) is 9.78 Å². The molecule has 0 radical (unpaired) electrons. The highest BCUT2D eigenvalue weighted by Gasteiger charge is 2.58. The fourth-order valence-electron chi connectivity index (χ4n) is 8.63. The van der Waals surface area contributed by atoms with E-state index in [4.69, 9.17) is 0 Å². The van der Waals surface area contributed by atoms with Gasteiger partial charge in [0.2, 0.25) is 0 Å². The zero-order valence-corrected chi connectivity index (χ0v) is 18.7. The van der Waals surface area contributed by atoms with Crippen LogP contribution in [0.5, 0.6) is 0 Å². The fourth-order valence-corrected chi connectivity index (χ4v) is 8.63. The Balaban J connectivity index is 1.33. The monoisotopic (exact) mass is 396 g/mol. The summed E-state index contributed by atoms with van der Waals surface area (Å²) in [7, 11) is 0. The summed E-state index contributed by atoms with van der Waals surface area (Å²) in [5.74, 6) is 5.41. The van der Waals surface area contributed by atoms with Gasteiger partial charge in [0.25, 0.3) is 0 Å². The van der Waals surface area contributed by atoms with Crippen molar-refractivity contribution in [3.63, 3.8) is 0 Å². The lowest BCUT2D eigenvalue weighted by Gasteiger charge is -2.58. The van der Waals surface area contributed by atoms with Crippen LogP contribution >= 0.6 is 0 Å². The van der Waals surface area contributed by atoms with Crippen molar-refractivity contribution in [2.75, 3.05) is 0 Å². The topological polar surface area (TPSA) is 38.0 Å². The predicted molar refractivity (Wildman–Crippen MR) is 117 cm³/mol. The molecule has 0 unspecified atom stereocenters. The Bertz CT molecular complexity index is 753. The SMILES string of the molecule is C=C(Cn1cccn1)[C@H]1CC[C@H]2[C@@H]3CC[C@@H]4C[C@](C)(O)[C@H](C)C[C@@H]4[C@H]3CC[C@]12C. The molecule has 1 aromatic heterocycles. The van der Waals surface area contributed by atoms with Crippen LogP contribution in [0.4, 0.5) is 0 Å². The molecule has 4 aliphatic carbocycles. The fraction of sp³-hybridized carbons (Fsp3) is 0.808. The Morgan fingerprint density at radius 2 is 1.97 bits per heavy atom. The van der Waals surface area contributed by atoms with Gasteiger partial charge in [0, 0.05) is 12.4 Å². The molecule has 4 saturated carbocycles. The molecular weight excluding hydrogens is 356 g/mol. The van der Waals surface area contributed by atoms with Gasteiger partial charge >= 0.3 is 0 Å². The van der Waals surface area contributed by atoms with Gasteiger partial charge in [-0.2, -0.15) is 5.10 Å². The lowest BCUT2D eigenvalue weighted by molar-refractivity contribution is -0.121. The lowest BCUT2D eigenvalue weighted by atomic mass is 9.48. The van der Waals surface area contributed by atoms with Gasteiger partial charge in [-0.25, -0.2) is 0 Å². The van der Waals surface area contributed by atoms with E-state index in [-0.39, 0.29) is 0 Å². The van der Waals surface area contributed by atoms with Crippen molar-refractivity contribution in [1.29, 1.82) is 0 Å². The van der Waals surface area contributed by atoms with E-state index in [1.54, 1.807) is 0 Å². The van der Waals surface area contributed by atoms with Crippen LogP contribution < -0.4 is 0 Å². The summed E-state index contributed by atoms with van der Waals surface area (Å²) in [5.41, 5.74) is 1.39. The van der Waals surface area contributed by atoms with Crippen molar-refractivity contribution in [2.45, 2.75) is 84.3 Å². The molecule has 5 rings (SSSR count). The Kier molecular flexibility index (Phi) is 4.77. The molecule has 3 heteroatoms. The molecule has 0 aliphatic heterocycles. The van der Waals surface area contributed by atoms with Crippen molar-refractivity contribution in [3.8, 4) is 0 Å². The zero-order valence-electron chi connectivity index (χ0n) is 18.7. The number of aromatic nitrogens is 2. The van der Waals surface area contributed by atoms with Gasteiger partial charge < -0.3 is 5.11 Å². The Morgan fingerprint density at radius 1 is 1.14 bits per heavy atom. The van der Waals surface area contributed by atoms with Crippen molar-refractivity contribution >= 4 is 0 Å². The molecule has 29 heavy (non-hydrogen) atoms. The maximum atomic E-state index is 10.9. The molecule has 4 aliphatic rings. The minimum absolute atomic E-state index is 0.435. The number of aliphatic hydroxyl groups is 1. The highest BCUT2D eigenvalue weighted by atomic mass is 16.3. The van der Waals surface area contributed by atoms with Crippen molar-refractivity contribution in [2.24, 2.45) is 46.8 Å². The van der Waals surface area contributed by atoms with Crippen LogP contribution in [0.25, 0.3) is 0 Å². The first-order valence-corrected chi connectivity index (χ1v) is 12.2. The highest BCUT2D eigenvalue weighted by molar-refractivity contribution is 5.16. The minimum Gasteiger partial charge on any atom is -0.390 e.